The van der Waals surface area contributed by atoms with E-state index in [1.165, 1.54) is 23.1 Å². The molecular weight excluding hydrogens is 438 g/mol. The van der Waals surface area contributed by atoms with Crippen LogP contribution in [-0.2, 0) is 11.3 Å². The first-order chi connectivity index (χ1) is 14.5. The Morgan fingerprint density at radius 1 is 1.20 bits per heavy atom. The minimum absolute atomic E-state index is 0.0907. The molecule has 0 bridgehead atoms. The minimum Gasteiger partial charge on any atom is -0.325 e. The molecule has 4 aromatic rings. The maximum absolute atomic E-state index is 13.0. The number of rotatable bonds is 6. The smallest absolute Gasteiger partial charge is 0.272 e. The molecule has 4 rings (SSSR count). The quantitative estimate of drug-likeness (QED) is 0.320. The summed E-state index contributed by atoms with van der Waals surface area (Å²) in [6.07, 6.45) is 0. The molecule has 0 aliphatic heterocycles. The lowest BCUT2D eigenvalue weighted by Gasteiger charge is -2.12. The van der Waals surface area contributed by atoms with Gasteiger partial charge in [0.15, 0.2) is 5.16 Å². The Bertz CT molecular complexity index is 1270. The van der Waals surface area contributed by atoms with E-state index in [-0.39, 0.29) is 17.2 Å². The molecule has 30 heavy (non-hydrogen) atoms. The third-order valence-electron chi connectivity index (χ3n) is 4.50. The Hall–Kier alpha value is -2.61. The van der Waals surface area contributed by atoms with E-state index >= 15 is 0 Å². The molecule has 0 atom stereocenters. The molecular formula is C22H18ClN3O2S2. The van der Waals surface area contributed by atoms with E-state index in [0.29, 0.717) is 32.6 Å². The number of benzene rings is 2. The van der Waals surface area contributed by atoms with Crippen molar-refractivity contribution in [3.63, 3.8) is 0 Å². The summed E-state index contributed by atoms with van der Waals surface area (Å²) in [4.78, 5) is 30.1. The monoisotopic (exact) mass is 455 g/mol. The van der Waals surface area contributed by atoms with Crippen LogP contribution in [0.4, 0.5) is 5.69 Å². The summed E-state index contributed by atoms with van der Waals surface area (Å²) in [7, 11) is 0. The molecule has 0 saturated carbocycles. The number of aromatic nitrogens is 2. The fraction of sp³-hybridized carbons (Fsp3) is 0.136. The van der Waals surface area contributed by atoms with Crippen molar-refractivity contribution in [3.8, 4) is 0 Å². The van der Waals surface area contributed by atoms with Crippen LogP contribution in [0.25, 0.3) is 10.2 Å². The Kier molecular flexibility index (Phi) is 6.22. The van der Waals surface area contributed by atoms with Crippen LogP contribution in [0.1, 0.15) is 11.1 Å². The van der Waals surface area contributed by atoms with Crippen LogP contribution in [0, 0.1) is 6.92 Å². The second kappa shape index (κ2) is 9.04. The standard InChI is InChI=1S/C22H18ClN3O2S2/c1-14-7-8-16(11-17(14)23)24-19(27)13-30-22-25-18-9-10-29-20(18)21(28)26(22)12-15-5-3-2-4-6-15/h2-11H,12-13H2,1H3,(H,24,27). The first-order valence-electron chi connectivity index (χ1n) is 9.22. The number of fused-ring (bicyclic) bond motifs is 1. The lowest BCUT2D eigenvalue weighted by molar-refractivity contribution is -0.113. The summed E-state index contributed by atoms with van der Waals surface area (Å²) in [5, 5.41) is 5.81. The van der Waals surface area contributed by atoms with Crippen molar-refractivity contribution in [2.24, 2.45) is 0 Å². The molecule has 2 heterocycles. The predicted molar refractivity (Wildman–Crippen MR) is 125 cm³/mol. The van der Waals surface area contributed by atoms with E-state index in [9.17, 15) is 9.59 Å². The minimum atomic E-state index is -0.189. The van der Waals surface area contributed by atoms with Gasteiger partial charge in [-0.2, -0.15) is 0 Å². The molecule has 0 saturated heterocycles. The SMILES string of the molecule is Cc1ccc(NC(=O)CSc2nc3ccsc3c(=O)n2Cc2ccccc2)cc1Cl. The maximum atomic E-state index is 13.0. The molecule has 8 heteroatoms. The van der Waals surface area contributed by atoms with Crippen LogP contribution in [0.15, 0.2) is 69.9 Å². The second-order valence-electron chi connectivity index (χ2n) is 6.71. The molecule has 0 aliphatic carbocycles. The largest absolute Gasteiger partial charge is 0.325 e. The van der Waals surface area contributed by atoms with Crippen molar-refractivity contribution in [1.82, 2.24) is 9.55 Å². The van der Waals surface area contributed by atoms with Crippen LogP contribution in [0.2, 0.25) is 5.02 Å². The Labute approximate surface area is 186 Å². The summed E-state index contributed by atoms with van der Waals surface area (Å²) < 4.78 is 2.25. The van der Waals surface area contributed by atoms with Gasteiger partial charge in [-0.1, -0.05) is 59.8 Å². The van der Waals surface area contributed by atoms with Gasteiger partial charge < -0.3 is 5.32 Å². The number of thioether (sulfide) groups is 1. The molecule has 2 aromatic carbocycles. The van der Waals surface area contributed by atoms with Crippen LogP contribution in [-0.4, -0.2) is 21.2 Å². The Morgan fingerprint density at radius 2 is 2.00 bits per heavy atom. The number of nitrogens with zero attached hydrogens (tertiary/aromatic N) is 2. The lowest BCUT2D eigenvalue weighted by Crippen LogP contribution is -2.24. The molecule has 1 amide bonds. The highest BCUT2D eigenvalue weighted by molar-refractivity contribution is 7.99. The van der Waals surface area contributed by atoms with Crippen molar-refractivity contribution in [1.29, 1.82) is 0 Å². The van der Waals surface area contributed by atoms with Gasteiger partial charge in [0.25, 0.3) is 5.56 Å². The summed E-state index contributed by atoms with van der Waals surface area (Å²) >= 11 is 8.75. The fourth-order valence-electron chi connectivity index (χ4n) is 2.94. The molecule has 0 radical (unpaired) electrons. The molecule has 0 fully saturated rings. The van der Waals surface area contributed by atoms with Gasteiger partial charge in [-0.05, 0) is 41.6 Å². The zero-order chi connectivity index (χ0) is 21.1. The number of carbonyl (C=O) groups is 1. The van der Waals surface area contributed by atoms with Crippen molar-refractivity contribution < 1.29 is 4.79 Å². The van der Waals surface area contributed by atoms with Gasteiger partial charge in [0, 0.05) is 10.7 Å². The van der Waals surface area contributed by atoms with E-state index in [0.717, 1.165) is 11.1 Å². The van der Waals surface area contributed by atoms with E-state index < -0.39 is 0 Å². The third-order valence-corrected chi connectivity index (χ3v) is 6.78. The molecule has 2 aromatic heterocycles. The zero-order valence-corrected chi connectivity index (χ0v) is 18.5. The van der Waals surface area contributed by atoms with Crippen molar-refractivity contribution >= 4 is 56.5 Å². The van der Waals surface area contributed by atoms with E-state index in [4.69, 9.17) is 11.6 Å². The number of hydrogen-bond donors (Lipinski definition) is 1. The number of carbonyl (C=O) groups excluding carboxylic acids is 1. The van der Waals surface area contributed by atoms with E-state index in [1.54, 1.807) is 10.6 Å². The number of thiophene rings is 1. The highest BCUT2D eigenvalue weighted by atomic mass is 35.5. The number of halogens is 1. The van der Waals surface area contributed by atoms with Gasteiger partial charge in [-0.25, -0.2) is 4.98 Å². The zero-order valence-electron chi connectivity index (χ0n) is 16.1. The third kappa shape index (κ3) is 4.59. The topological polar surface area (TPSA) is 64.0 Å². The predicted octanol–water partition coefficient (Wildman–Crippen LogP) is 5.20. The van der Waals surface area contributed by atoms with Gasteiger partial charge in [-0.3, -0.25) is 14.2 Å². The van der Waals surface area contributed by atoms with Gasteiger partial charge in [-0.15, -0.1) is 11.3 Å². The normalized spacial score (nSPS) is 11.0. The highest BCUT2D eigenvalue weighted by Gasteiger charge is 2.15. The molecule has 0 aliphatic rings. The molecule has 5 nitrogen and oxygen atoms in total. The Morgan fingerprint density at radius 3 is 2.77 bits per heavy atom. The second-order valence-corrected chi connectivity index (χ2v) is 8.97. The van der Waals surface area contributed by atoms with Crippen LogP contribution in [0.5, 0.6) is 0 Å². The van der Waals surface area contributed by atoms with Crippen molar-refractivity contribution in [2.45, 2.75) is 18.6 Å². The first-order valence-corrected chi connectivity index (χ1v) is 11.5. The van der Waals surface area contributed by atoms with Crippen LogP contribution < -0.4 is 10.9 Å². The van der Waals surface area contributed by atoms with Crippen LogP contribution >= 0.6 is 34.7 Å². The Balaban J connectivity index is 1.56. The molecule has 1 N–H and O–H groups in total. The van der Waals surface area contributed by atoms with Gasteiger partial charge in [0.1, 0.15) is 4.70 Å². The number of aryl methyl sites for hydroxylation is 1. The van der Waals surface area contributed by atoms with Gasteiger partial charge in [0.05, 0.1) is 17.8 Å². The van der Waals surface area contributed by atoms with E-state index in [2.05, 4.69) is 10.3 Å². The summed E-state index contributed by atoms with van der Waals surface area (Å²) in [6, 6.07) is 17.0. The highest BCUT2D eigenvalue weighted by Crippen LogP contribution is 2.23. The first kappa shape index (κ1) is 20.7. The summed E-state index contributed by atoms with van der Waals surface area (Å²) in [6.45, 7) is 2.31. The number of nitrogens with one attached hydrogen (secondary N) is 1. The maximum Gasteiger partial charge on any atom is 0.272 e. The van der Waals surface area contributed by atoms with Gasteiger partial charge >= 0.3 is 0 Å². The summed E-state index contributed by atoms with van der Waals surface area (Å²) in [5.74, 6) is -0.0617. The van der Waals surface area contributed by atoms with Gasteiger partial charge in [0.2, 0.25) is 5.91 Å². The molecule has 0 unspecified atom stereocenters. The number of hydrogen-bond acceptors (Lipinski definition) is 5. The number of anilines is 1. The van der Waals surface area contributed by atoms with Crippen molar-refractivity contribution in [3.05, 3.63) is 86.5 Å². The van der Waals surface area contributed by atoms with E-state index in [1.807, 2.05) is 60.8 Å². The molecule has 0 spiro atoms. The van der Waals surface area contributed by atoms with Crippen molar-refractivity contribution in [2.75, 3.05) is 11.1 Å². The lowest BCUT2D eigenvalue weighted by atomic mass is 10.2. The fourth-order valence-corrected chi connectivity index (χ4v) is 4.69. The molecule has 152 valence electrons. The summed E-state index contributed by atoms with van der Waals surface area (Å²) in [5.41, 5.74) is 3.15. The van der Waals surface area contributed by atoms with Crippen LogP contribution in [0.3, 0.4) is 0 Å². The number of amides is 1. The average Bonchev–Trinajstić information content (AvgIpc) is 3.21. The average molecular weight is 456 g/mol.